The Hall–Kier alpha value is -1.48. The monoisotopic (exact) mass is 250 g/mol. The van der Waals surface area contributed by atoms with Crippen LogP contribution in [0.15, 0.2) is 28.8 Å². The second-order valence-electron chi connectivity index (χ2n) is 4.10. The van der Waals surface area contributed by atoms with Crippen LogP contribution in [0.4, 0.5) is 5.82 Å². The van der Waals surface area contributed by atoms with Crippen molar-refractivity contribution in [2.24, 2.45) is 0 Å². The molecule has 2 aromatic rings. The average molecular weight is 251 g/mol. The van der Waals surface area contributed by atoms with Gasteiger partial charge in [0.05, 0.1) is 11.1 Å². The largest absolute Gasteiger partial charge is 0.466 e. The third kappa shape index (κ3) is 2.80. The van der Waals surface area contributed by atoms with Crippen LogP contribution in [0.1, 0.15) is 30.0 Å². The number of anilines is 1. The normalized spacial score (nSPS) is 12.5. The number of aryl methyl sites for hydroxylation is 2. The SMILES string of the molecule is Cc1cc([C@H](C)Nc2ccc(Cl)cn2)c(C)o1. The molecule has 2 aromatic heterocycles. The molecule has 1 N–H and O–H groups in total. The van der Waals surface area contributed by atoms with E-state index in [0.29, 0.717) is 5.02 Å². The molecule has 0 aromatic carbocycles. The number of nitrogens with zero attached hydrogens (tertiary/aromatic N) is 1. The minimum absolute atomic E-state index is 0.154. The molecule has 0 saturated heterocycles. The Labute approximate surface area is 106 Å². The summed E-state index contributed by atoms with van der Waals surface area (Å²) in [7, 11) is 0. The Morgan fingerprint density at radius 2 is 2.12 bits per heavy atom. The first-order valence-electron chi connectivity index (χ1n) is 5.51. The molecule has 0 fully saturated rings. The fourth-order valence-electron chi connectivity index (χ4n) is 1.84. The van der Waals surface area contributed by atoms with Crippen LogP contribution in [0.3, 0.4) is 0 Å². The lowest BCUT2D eigenvalue weighted by molar-refractivity contribution is 0.500. The fraction of sp³-hybridized carbons (Fsp3) is 0.308. The molecule has 17 heavy (non-hydrogen) atoms. The van der Waals surface area contributed by atoms with Crippen molar-refractivity contribution in [3.8, 4) is 0 Å². The Kier molecular flexibility index (Phi) is 3.38. The van der Waals surface area contributed by atoms with Crippen LogP contribution in [-0.4, -0.2) is 4.98 Å². The van der Waals surface area contributed by atoms with Crippen LogP contribution >= 0.6 is 11.6 Å². The predicted molar refractivity (Wildman–Crippen MR) is 69.5 cm³/mol. The minimum Gasteiger partial charge on any atom is -0.466 e. The van der Waals surface area contributed by atoms with Gasteiger partial charge in [-0.25, -0.2) is 4.98 Å². The van der Waals surface area contributed by atoms with Gasteiger partial charge < -0.3 is 9.73 Å². The van der Waals surface area contributed by atoms with Crippen molar-refractivity contribution in [1.82, 2.24) is 4.98 Å². The lowest BCUT2D eigenvalue weighted by atomic mass is 10.1. The standard InChI is InChI=1S/C13H15ClN2O/c1-8-6-12(10(3)17-8)9(2)16-13-5-4-11(14)7-15-13/h4-7,9H,1-3H3,(H,15,16)/t9-/m0/s1. The summed E-state index contributed by atoms with van der Waals surface area (Å²) in [6, 6.07) is 5.88. The van der Waals surface area contributed by atoms with E-state index in [1.54, 1.807) is 6.20 Å². The number of furan rings is 1. The maximum atomic E-state index is 5.79. The highest BCUT2D eigenvalue weighted by Crippen LogP contribution is 2.24. The first-order chi connectivity index (χ1) is 8.06. The quantitative estimate of drug-likeness (QED) is 0.891. The Balaban J connectivity index is 2.14. The minimum atomic E-state index is 0.154. The molecule has 0 saturated carbocycles. The molecule has 1 atom stereocenters. The van der Waals surface area contributed by atoms with Crippen LogP contribution in [0, 0.1) is 13.8 Å². The summed E-state index contributed by atoms with van der Waals surface area (Å²) in [5.74, 6) is 2.67. The molecule has 0 spiro atoms. The van der Waals surface area contributed by atoms with Gasteiger partial charge in [-0.05, 0) is 39.0 Å². The molecule has 0 unspecified atom stereocenters. The van der Waals surface area contributed by atoms with Gasteiger partial charge >= 0.3 is 0 Å². The highest BCUT2D eigenvalue weighted by atomic mass is 35.5. The summed E-state index contributed by atoms with van der Waals surface area (Å²) in [5, 5.41) is 3.95. The lowest BCUT2D eigenvalue weighted by Crippen LogP contribution is -2.07. The van der Waals surface area contributed by atoms with E-state index in [-0.39, 0.29) is 6.04 Å². The van der Waals surface area contributed by atoms with Gasteiger partial charge in [-0.15, -0.1) is 0 Å². The molecule has 2 heterocycles. The molecule has 0 aliphatic rings. The Morgan fingerprint density at radius 1 is 1.35 bits per heavy atom. The molecule has 2 rings (SSSR count). The van der Waals surface area contributed by atoms with Crippen molar-refractivity contribution in [3.63, 3.8) is 0 Å². The van der Waals surface area contributed by atoms with Crippen molar-refractivity contribution < 1.29 is 4.42 Å². The number of halogens is 1. The first kappa shape index (κ1) is 12.0. The zero-order valence-electron chi connectivity index (χ0n) is 10.1. The smallest absolute Gasteiger partial charge is 0.126 e. The molecule has 90 valence electrons. The number of nitrogens with one attached hydrogen (secondary N) is 1. The summed E-state index contributed by atoms with van der Waals surface area (Å²) >= 11 is 5.79. The molecule has 0 amide bonds. The van der Waals surface area contributed by atoms with Gasteiger partial charge in [-0.2, -0.15) is 0 Å². The third-order valence-corrected chi connectivity index (χ3v) is 2.86. The molecule has 0 radical (unpaired) electrons. The second kappa shape index (κ2) is 4.80. The van der Waals surface area contributed by atoms with Gasteiger partial charge in [0.1, 0.15) is 17.3 Å². The molecule has 0 bridgehead atoms. The summed E-state index contributed by atoms with van der Waals surface area (Å²) < 4.78 is 5.51. The summed E-state index contributed by atoms with van der Waals surface area (Å²) in [6.45, 7) is 5.99. The highest BCUT2D eigenvalue weighted by molar-refractivity contribution is 6.30. The van der Waals surface area contributed by atoms with Crippen molar-refractivity contribution in [3.05, 3.63) is 46.5 Å². The van der Waals surface area contributed by atoms with E-state index in [1.165, 1.54) is 0 Å². The van der Waals surface area contributed by atoms with Crippen molar-refractivity contribution in [2.75, 3.05) is 5.32 Å². The van der Waals surface area contributed by atoms with Crippen LogP contribution in [0.25, 0.3) is 0 Å². The van der Waals surface area contributed by atoms with Crippen LogP contribution in [0.5, 0.6) is 0 Å². The zero-order valence-corrected chi connectivity index (χ0v) is 10.9. The molecular weight excluding hydrogens is 236 g/mol. The Bertz CT molecular complexity index is 505. The third-order valence-electron chi connectivity index (χ3n) is 2.64. The van der Waals surface area contributed by atoms with Gasteiger partial charge in [-0.3, -0.25) is 0 Å². The van der Waals surface area contributed by atoms with Gasteiger partial charge in [0.15, 0.2) is 0 Å². The maximum Gasteiger partial charge on any atom is 0.126 e. The van der Waals surface area contributed by atoms with E-state index < -0.39 is 0 Å². The van der Waals surface area contributed by atoms with Crippen LogP contribution < -0.4 is 5.32 Å². The zero-order chi connectivity index (χ0) is 12.4. The van der Waals surface area contributed by atoms with E-state index >= 15 is 0 Å². The maximum absolute atomic E-state index is 5.79. The number of hydrogen-bond acceptors (Lipinski definition) is 3. The molecular formula is C13H15ClN2O. The van der Waals surface area contributed by atoms with Gasteiger partial charge in [0.2, 0.25) is 0 Å². The number of aromatic nitrogens is 1. The summed E-state index contributed by atoms with van der Waals surface area (Å²) in [4.78, 5) is 4.21. The predicted octanol–water partition coefficient (Wildman–Crippen LogP) is 4.12. The summed E-state index contributed by atoms with van der Waals surface area (Å²) in [6.07, 6.45) is 1.63. The van der Waals surface area contributed by atoms with Crippen molar-refractivity contribution in [2.45, 2.75) is 26.8 Å². The van der Waals surface area contributed by atoms with Gasteiger partial charge in [-0.1, -0.05) is 11.6 Å². The molecule has 3 nitrogen and oxygen atoms in total. The van der Waals surface area contributed by atoms with Crippen LogP contribution in [-0.2, 0) is 0 Å². The average Bonchev–Trinajstić information content (AvgIpc) is 2.61. The lowest BCUT2D eigenvalue weighted by Gasteiger charge is -2.13. The van der Waals surface area contributed by atoms with Gasteiger partial charge in [0.25, 0.3) is 0 Å². The summed E-state index contributed by atoms with van der Waals surface area (Å²) in [5.41, 5.74) is 1.15. The van der Waals surface area contributed by atoms with E-state index in [2.05, 4.69) is 17.2 Å². The highest BCUT2D eigenvalue weighted by Gasteiger charge is 2.12. The van der Waals surface area contributed by atoms with Crippen molar-refractivity contribution in [1.29, 1.82) is 0 Å². The van der Waals surface area contributed by atoms with Gasteiger partial charge in [0, 0.05) is 11.8 Å². The fourth-order valence-corrected chi connectivity index (χ4v) is 1.95. The van der Waals surface area contributed by atoms with E-state index in [4.69, 9.17) is 16.0 Å². The van der Waals surface area contributed by atoms with E-state index in [1.807, 2.05) is 32.0 Å². The van der Waals surface area contributed by atoms with E-state index in [9.17, 15) is 0 Å². The van der Waals surface area contributed by atoms with Crippen molar-refractivity contribution >= 4 is 17.4 Å². The van der Waals surface area contributed by atoms with E-state index in [0.717, 1.165) is 22.9 Å². The molecule has 0 aliphatic carbocycles. The number of hydrogen-bond donors (Lipinski definition) is 1. The molecule has 4 heteroatoms. The topological polar surface area (TPSA) is 38.1 Å². The number of pyridine rings is 1. The Morgan fingerprint density at radius 3 is 2.65 bits per heavy atom. The molecule has 0 aliphatic heterocycles. The van der Waals surface area contributed by atoms with Crippen LogP contribution in [0.2, 0.25) is 5.02 Å². The number of rotatable bonds is 3. The second-order valence-corrected chi connectivity index (χ2v) is 4.53. The first-order valence-corrected chi connectivity index (χ1v) is 5.89.